The molecule has 13 nitrogen and oxygen atoms in total. The number of aliphatic hydroxyl groups excluding tert-OH is 6. The van der Waals surface area contributed by atoms with Crippen LogP contribution in [0.25, 0.3) is 0 Å². The lowest BCUT2D eigenvalue weighted by molar-refractivity contribution is -0.292. The molecule has 6 N–H and O–H groups in total. The second-order valence-corrected chi connectivity index (χ2v) is 11.2. The molecule has 0 radical (unpaired) electrons. The van der Waals surface area contributed by atoms with Crippen LogP contribution in [0, 0.1) is 0 Å². The molecule has 2 rings (SSSR count). The predicted octanol–water partition coefficient (Wildman–Crippen LogP) is 1.37. The van der Waals surface area contributed by atoms with Gasteiger partial charge in [-0.1, -0.05) is 60.8 Å². The third-order valence-electron chi connectivity index (χ3n) is 7.13. The van der Waals surface area contributed by atoms with E-state index in [1.54, 1.807) is 48.6 Å². The standard InChI is InChI=1S/C34H48O13/c1-23-13-7-3-2-4-8-14-24(36)21-25(37)15-9-5-10-16-26(17-11-6-12-18-28(38)44-23)45-29(39)19-20-30(40)47-34-33(43)32(42)31(41)27(22-35)46-34/h2,4-6,8-12,14,16,18,23-27,31-37,41-43H,3,7,13,15,17,19-22H2,1H3/b4-2+,9-5-,11-6+,14-8+,16-10+,18-12?/t23-,24+,25+,26-,27+,31+,32-,33+,34-/m1/s1. The second-order valence-electron chi connectivity index (χ2n) is 11.2. The number of cyclic esters (lactones) is 1. The molecule has 0 saturated carbocycles. The number of rotatable bonds is 6. The molecule has 2 aliphatic heterocycles. The van der Waals surface area contributed by atoms with Crippen molar-refractivity contribution in [3.63, 3.8) is 0 Å². The van der Waals surface area contributed by atoms with Crippen LogP contribution in [0.4, 0.5) is 0 Å². The molecule has 47 heavy (non-hydrogen) atoms. The summed E-state index contributed by atoms with van der Waals surface area (Å²) in [5, 5.41) is 59.4. The zero-order chi connectivity index (χ0) is 34.6. The number of allylic oxidation sites excluding steroid dienone is 7. The Balaban J connectivity index is 2.00. The molecule has 262 valence electrons. The maximum Gasteiger partial charge on any atom is 0.331 e. The van der Waals surface area contributed by atoms with Crippen LogP contribution in [0.2, 0.25) is 0 Å². The number of hydrogen-bond donors (Lipinski definition) is 6. The molecule has 0 bridgehead atoms. The molecular formula is C34H48O13. The van der Waals surface area contributed by atoms with Crippen LogP contribution in [0.5, 0.6) is 0 Å². The molecule has 9 atom stereocenters. The fraction of sp³-hybridized carbons (Fsp3) is 0.559. The third-order valence-corrected chi connectivity index (χ3v) is 7.13. The van der Waals surface area contributed by atoms with Crippen molar-refractivity contribution in [1.29, 1.82) is 0 Å². The summed E-state index contributed by atoms with van der Waals surface area (Å²) in [5.74, 6) is -2.17. The number of carbonyl (C=O) groups excluding carboxylic acids is 3. The van der Waals surface area contributed by atoms with Crippen molar-refractivity contribution in [3.05, 3.63) is 72.9 Å². The van der Waals surface area contributed by atoms with E-state index in [-0.39, 0.29) is 31.8 Å². The molecule has 2 heterocycles. The molecule has 0 aromatic heterocycles. The summed E-state index contributed by atoms with van der Waals surface area (Å²) >= 11 is 0. The van der Waals surface area contributed by atoms with Gasteiger partial charge in [0.1, 0.15) is 30.5 Å². The van der Waals surface area contributed by atoms with E-state index in [1.807, 2.05) is 19.1 Å². The molecule has 0 spiro atoms. The van der Waals surface area contributed by atoms with Gasteiger partial charge < -0.3 is 49.6 Å². The van der Waals surface area contributed by atoms with Crippen molar-refractivity contribution < 1.29 is 64.0 Å². The topological polar surface area (TPSA) is 210 Å². The highest BCUT2D eigenvalue weighted by atomic mass is 16.7. The Morgan fingerprint density at radius 2 is 1.49 bits per heavy atom. The van der Waals surface area contributed by atoms with Crippen molar-refractivity contribution in [1.82, 2.24) is 0 Å². The van der Waals surface area contributed by atoms with E-state index in [9.17, 15) is 45.0 Å². The average Bonchev–Trinajstić information content (AvgIpc) is 3.02. The number of aliphatic hydroxyl groups is 6. The van der Waals surface area contributed by atoms with Crippen molar-refractivity contribution in [2.75, 3.05) is 6.61 Å². The zero-order valence-corrected chi connectivity index (χ0v) is 26.5. The monoisotopic (exact) mass is 664 g/mol. The van der Waals surface area contributed by atoms with E-state index in [0.29, 0.717) is 6.42 Å². The molecule has 0 aromatic rings. The van der Waals surface area contributed by atoms with Gasteiger partial charge in [-0.15, -0.1) is 0 Å². The van der Waals surface area contributed by atoms with Gasteiger partial charge >= 0.3 is 17.9 Å². The maximum absolute atomic E-state index is 12.6. The van der Waals surface area contributed by atoms with E-state index in [1.165, 1.54) is 12.2 Å². The molecule has 0 unspecified atom stereocenters. The Bertz CT molecular complexity index is 1140. The van der Waals surface area contributed by atoms with Gasteiger partial charge in [0.2, 0.25) is 6.29 Å². The van der Waals surface area contributed by atoms with E-state index in [4.69, 9.17) is 18.9 Å². The summed E-state index contributed by atoms with van der Waals surface area (Å²) in [6, 6.07) is 0. The van der Waals surface area contributed by atoms with Crippen LogP contribution >= 0.6 is 0 Å². The van der Waals surface area contributed by atoms with Gasteiger partial charge in [-0.3, -0.25) is 9.59 Å². The second kappa shape index (κ2) is 22.2. The Morgan fingerprint density at radius 1 is 0.830 bits per heavy atom. The zero-order valence-electron chi connectivity index (χ0n) is 26.5. The normalized spacial score (nSPS) is 35.3. The highest BCUT2D eigenvalue weighted by molar-refractivity contribution is 5.82. The fourth-order valence-electron chi connectivity index (χ4n) is 4.52. The van der Waals surface area contributed by atoms with Gasteiger partial charge in [0.15, 0.2) is 0 Å². The van der Waals surface area contributed by atoms with E-state index in [2.05, 4.69) is 0 Å². The summed E-state index contributed by atoms with van der Waals surface area (Å²) in [5.41, 5.74) is 0. The van der Waals surface area contributed by atoms with Crippen LogP contribution < -0.4 is 0 Å². The Morgan fingerprint density at radius 3 is 2.23 bits per heavy atom. The van der Waals surface area contributed by atoms with E-state index in [0.717, 1.165) is 12.8 Å². The number of ether oxygens (including phenoxy) is 4. The average molecular weight is 665 g/mol. The van der Waals surface area contributed by atoms with E-state index < -0.39 is 80.0 Å². The van der Waals surface area contributed by atoms with Crippen molar-refractivity contribution in [2.24, 2.45) is 0 Å². The van der Waals surface area contributed by atoms with Crippen LogP contribution in [-0.2, 0) is 33.3 Å². The van der Waals surface area contributed by atoms with Crippen LogP contribution in [0.3, 0.4) is 0 Å². The first-order valence-electron chi connectivity index (χ1n) is 15.8. The molecule has 0 aliphatic carbocycles. The summed E-state index contributed by atoms with van der Waals surface area (Å²) in [6.45, 7) is 1.12. The first-order valence-corrected chi connectivity index (χ1v) is 15.8. The minimum absolute atomic E-state index is 0.151. The van der Waals surface area contributed by atoms with Crippen LogP contribution in [0.15, 0.2) is 72.9 Å². The Kier molecular flexibility index (Phi) is 18.8. The van der Waals surface area contributed by atoms with Crippen LogP contribution in [-0.4, -0.2) is 110 Å². The van der Waals surface area contributed by atoms with Crippen molar-refractivity contribution in [3.8, 4) is 0 Å². The lowest BCUT2D eigenvalue weighted by Crippen LogP contribution is -2.59. The minimum atomic E-state index is -1.77. The van der Waals surface area contributed by atoms with E-state index >= 15 is 0 Å². The Labute approximate surface area is 274 Å². The number of esters is 3. The SMILES string of the molecule is C[C@@H]1CCC/C=C/C=C/[C@H](O)C[C@@H](O)C/C=C\C=C\[C@@H](OC(=O)CCC(=O)O[C@H]2O[C@@H](CO)[C@H](O)[C@@H](O)[C@@H]2O)C/C=C/C=CC(=O)O1. The summed E-state index contributed by atoms with van der Waals surface area (Å²) in [7, 11) is 0. The minimum Gasteiger partial charge on any atom is -0.460 e. The lowest BCUT2D eigenvalue weighted by atomic mass is 9.99. The molecule has 1 saturated heterocycles. The van der Waals surface area contributed by atoms with Gasteiger partial charge in [-0.05, 0) is 38.7 Å². The number of hydrogen-bond acceptors (Lipinski definition) is 13. The van der Waals surface area contributed by atoms with Crippen molar-refractivity contribution >= 4 is 17.9 Å². The van der Waals surface area contributed by atoms with Gasteiger partial charge in [0.25, 0.3) is 0 Å². The van der Waals surface area contributed by atoms with Crippen molar-refractivity contribution in [2.45, 2.75) is 113 Å². The summed E-state index contributed by atoms with van der Waals surface area (Å²) in [4.78, 5) is 37.0. The number of carbonyl (C=O) groups is 3. The summed E-state index contributed by atoms with van der Waals surface area (Å²) < 4.78 is 21.0. The predicted molar refractivity (Wildman–Crippen MR) is 169 cm³/mol. The fourth-order valence-corrected chi connectivity index (χ4v) is 4.52. The smallest absolute Gasteiger partial charge is 0.331 e. The van der Waals surface area contributed by atoms with Gasteiger partial charge in [0.05, 0.1) is 37.8 Å². The van der Waals surface area contributed by atoms with Crippen LogP contribution in [0.1, 0.15) is 58.3 Å². The Hall–Kier alpha value is -3.43. The first kappa shape index (κ1) is 39.7. The molecular weight excluding hydrogens is 616 g/mol. The molecule has 13 heteroatoms. The van der Waals surface area contributed by atoms with Gasteiger partial charge in [0, 0.05) is 18.9 Å². The quantitative estimate of drug-likeness (QED) is 0.175. The molecule has 2 aliphatic rings. The summed E-state index contributed by atoms with van der Waals surface area (Å²) in [6.07, 6.45) is 11.2. The third kappa shape index (κ3) is 16.3. The van der Waals surface area contributed by atoms with Gasteiger partial charge in [-0.25, -0.2) is 4.79 Å². The van der Waals surface area contributed by atoms with Gasteiger partial charge in [-0.2, -0.15) is 0 Å². The highest BCUT2D eigenvalue weighted by Crippen LogP contribution is 2.22. The molecule has 0 amide bonds. The molecule has 0 aromatic carbocycles. The highest BCUT2D eigenvalue weighted by Gasteiger charge is 2.45. The largest absolute Gasteiger partial charge is 0.460 e. The first-order chi connectivity index (χ1) is 22.5. The maximum atomic E-state index is 12.6. The lowest BCUT2D eigenvalue weighted by Gasteiger charge is -2.39. The molecule has 1 fully saturated rings.